The molecule has 0 aromatic heterocycles. The average Bonchev–Trinajstić information content (AvgIpc) is 2.49. The molecule has 4 nitrogen and oxygen atoms in total. The molecule has 2 rings (SSSR count). The van der Waals surface area contributed by atoms with Gasteiger partial charge < -0.3 is 5.32 Å². The van der Waals surface area contributed by atoms with E-state index in [0.29, 0.717) is 6.42 Å². The summed E-state index contributed by atoms with van der Waals surface area (Å²) in [6, 6.07) is 14.7. The van der Waals surface area contributed by atoms with Gasteiger partial charge in [0.2, 0.25) is 0 Å². The Kier molecular flexibility index (Phi) is 4.72. The first kappa shape index (κ1) is 14.8. The van der Waals surface area contributed by atoms with E-state index in [0.717, 1.165) is 11.3 Å². The number of benzene rings is 2. The Hall–Kier alpha value is -2.62. The van der Waals surface area contributed by atoms with Gasteiger partial charge in [-0.15, -0.1) is 6.58 Å². The second-order valence-corrected chi connectivity index (χ2v) is 4.94. The van der Waals surface area contributed by atoms with Gasteiger partial charge in [-0.25, -0.2) is 0 Å². The summed E-state index contributed by atoms with van der Waals surface area (Å²) in [5, 5.41) is 14.3. The zero-order chi connectivity index (χ0) is 15.2. The van der Waals surface area contributed by atoms with Crippen molar-refractivity contribution < 1.29 is 4.92 Å². The average molecular weight is 282 g/mol. The molecule has 0 saturated carbocycles. The molecule has 1 N–H and O–H groups in total. The maximum Gasteiger partial charge on any atom is 0.269 e. The standard InChI is InChI=1S/C17H18N2O2/c1-3-5-17(18-15-10-8-13(2)9-11-15)14-6-4-7-16(12-14)19(20)21/h3-4,6-12,17-18H,1,5H2,2H3. The molecule has 21 heavy (non-hydrogen) atoms. The van der Waals surface area contributed by atoms with E-state index in [9.17, 15) is 10.1 Å². The van der Waals surface area contributed by atoms with Gasteiger partial charge in [-0.05, 0) is 31.0 Å². The van der Waals surface area contributed by atoms with Crippen LogP contribution in [0.5, 0.6) is 0 Å². The molecule has 0 aliphatic rings. The van der Waals surface area contributed by atoms with Crippen molar-refractivity contribution in [1.29, 1.82) is 0 Å². The molecule has 4 heteroatoms. The predicted molar refractivity (Wildman–Crippen MR) is 85.5 cm³/mol. The Morgan fingerprint density at radius 1 is 1.29 bits per heavy atom. The van der Waals surface area contributed by atoms with Crippen LogP contribution < -0.4 is 5.32 Å². The summed E-state index contributed by atoms with van der Waals surface area (Å²) < 4.78 is 0. The Bertz CT molecular complexity index is 635. The van der Waals surface area contributed by atoms with Crippen LogP contribution in [0.3, 0.4) is 0 Å². The first-order valence-corrected chi connectivity index (χ1v) is 6.78. The normalized spacial score (nSPS) is 11.7. The highest BCUT2D eigenvalue weighted by atomic mass is 16.6. The number of anilines is 1. The molecule has 0 amide bonds. The van der Waals surface area contributed by atoms with Crippen LogP contribution in [0.25, 0.3) is 0 Å². The monoisotopic (exact) mass is 282 g/mol. The fourth-order valence-electron chi connectivity index (χ4n) is 2.15. The van der Waals surface area contributed by atoms with Gasteiger partial charge in [-0.3, -0.25) is 10.1 Å². The highest BCUT2D eigenvalue weighted by Crippen LogP contribution is 2.26. The van der Waals surface area contributed by atoms with Crippen molar-refractivity contribution in [2.45, 2.75) is 19.4 Å². The second-order valence-electron chi connectivity index (χ2n) is 4.94. The van der Waals surface area contributed by atoms with Gasteiger partial charge in [-0.2, -0.15) is 0 Å². The zero-order valence-corrected chi connectivity index (χ0v) is 12.0. The van der Waals surface area contributed by atoms with Crippen LogP contribution in [0.2, 0.25) is 0 Å². The molecule has 0 saturated heterocycles. The number of nitro benzene ring substituents is 1. The van der Waals surface area contributed by atoms with E-state index in [2.05, 4.69) is 11.9 Å². The summed E-state index contributed by atoms with van der Waals surface area (Å²) in [6.07, 6.45) is 2.50. The van der Waals surface area contributed by atoms with Gasteiger partial charge in [0, 0.05) is 17.8 Å². The summed E-state index contributed by atoms with van der Waals surface area (Å²) in [5.41, 5.74) is 3.16. The Morgan fingerprint density at radius 3 is 2.62 bits per heavy atom. The van der Waals surface area contributed by atoms with Gasteiger partial charge in [0.15, 0.2) is 0 Å². The van der Waals surface area contributed by atoms with E-state index in [-0.39, 0.29) is 16.7 Å². The third-order valence-electron chi connectivity index (χ3n) is 3.28. The molecular weight excluding hydrogens is 264 g/mol. The summed E-state index contributed by atoms with van der Waals surface area (Å²) in [6.45, 7) is 5.80. The van der Waals surface area contributed by atoms with Crippen molar-refractivity contribution in [3.8, 4) is 0 Å². The van der Waals surface area contributed by atoms with Crippen LogP contribution in [-0.2, 0) is 0 Å². The Labute approximate surface area is 124 Å². The fourth-order valence-corrected chi connectivity index (χ4v) is 2.15. The van der Waals surface area contributed by atoms with Crippen LogP contribution in [0.4, 0.5) is 11.4 Å². The number of nitro groups is 1. The molecule has 0 bridgehead atoms. The van der Waals surface area contributed by atoms with Crippen molar-refractivity contribution in [2.24, 2.45) is 0 Å². The van der Waals surface area contributed by atoms with E-state index in [1.165, 1.54) is 11.6 Å². The third kappa shape index (κ3) is 3.92. The molecule has 0 radical (unpaired) electrons. The quantitative estimate of drug-likeness (QED) is 0.477. The van der Waals surface area contributed by atoms with Gasteiger partial charge in [0.1, 0.15) is 0 Å². The molecule has 0 heterocycles. The van der Waals surface area contributed by atoms with Crippen LogP contribution in [0, 0.1) is 17.0 Å². The predicted octanol–water partition coefficient (Wildman–Crippen LogP) is 4.63. The molecule has 2 aromatic rings. The van der Waals surface area contributed by atoms with Crippen molar-refractivity contribution in [3.05, 3.63) is 82.4 Å². The van der Waals surface area contributed by atoms with E-state index < -0.39 is 0 Å². The highest BCUT2D eigenvalue weighted by molar-refractivity contribution is 5.48. The SMILES string of the molecule is C=CCC(Nc1ccc(C)cc1)c1cccc([N+](=O)[O-])c1. The first-order valence-electron chi connectivity index (χ1n) is 6.78. The topological polar surface area (TPSA) is 55.2 Å². The molecule has 1 atom stereocenters. The minimum absolute atomic E-state index is 0.0369. The first-order chi connectivity index (χ1) is 10.1. The molecule has 108 valence electrons. The Morgan fingerprint density at radius 2 is 2.00 bits per heavy atom. The lowest BCUT2D eigenvalue weighted by molar-refractivity contribution is -0.384. The minimum atomic E-state index is -0.375. The highest BCUT2D eigenvalue weighted by Gasteiger charge is 2.13. The number of hydrogen-bond acceptors (Lipinski definition) is 3. The summed E-state index contributed by atoms with van der Waals surface area (Å²) in [5.74, 6) is 0. The number of hydrogen-bond donors (Lipinski definition) is 1. The van der Waals surface area contributed by atoms with Gasteiger partial charge in [0.25, 0.3) is 5.69 Å². The Balaban J connectivity index is 2.25. The lowest BCUT2D eigenvalue weighted by Crippen LogP contribution is -2.10. The molecule has 1 unspecified atom stereocenters. The van der Waals surface area contributed by atoms with Crippen LogP contribution in [0.1, 0.15) is 23.6 Å². The van der Waals surface area contributed by atoms with Crippen molar-refractivity contribution in [3.63, 3.8) is 0 Å². The van der Waals surface area contributed by atoms with Crippen LogP contribution in [-0.4, -0.2) is 4.92 Å². The molecular formula is C17H18N2O2. The van der Waals surface area contributed by atoms with E-state index in [4.69, 9.17) is 0 Å². The van der Waals surface area contributed by atoms with Gasteiger partial charge in [0.05, 0.1) is 11.0 Å². The lowest BCUT2D eigenvalue weighted by atomic mass is 10.0. The maximum atomic E-state index is 10.9. The molecule has 2 aromatic carbocycles. The van der Waals surface area contributed by atoms with Gasteiger partial charge in [-0.1, -0.05) is 35.9 Å². The van der Waals surface area contributed by atoms with Crippen LogP contribution >= 0.6 is 0 Å². The maximum absolute atomic E-state index is 10.9. The van der Waals surface area contributed by atoms with E-state index in [1.54, 1.807) is 12.1 Å². The summed E-state index contributed by atoms with van der Waals surface area (Å²) in [4.78, 5) is 10.5. The molecule has 0 fully saturated rings. The number of nitrogens with one attached hydrogen (secondary N) is 1. The number of non-ortho nitro benzene ring substituents is 1. The largest absolute Gasteiger partial charge is 0.378 e. The lowest BCUT2D eigenvalue weighted by Gasteiger charge is -2.19. The number of nitrogens with zero attached hydrogens (tertiary/aromatic N) is 1. The number of aryl methyl sites for hydroxylation is 1. The number of rotatable bonds is 6. The van der Waals surface area contributed by atoms with Crippen LogP contribution in [0.15, 0.2) is 61.2 Å². The molecule has 0 aliphatic heterocycles. The van der Waals surface area contributed by atoms with Gasteiger partial charge >= 0.3 is 0 Å². The van der Waals surface area contributed by atoms with E-state index >= 15 is 0 Å². The zero-order valence-electron chi connectivity index (χ0n) is 12.0. The second kappa shape index (κ2) is 6.70. The van der Waals surface area contributed by atoms with E-state index in [1.807, 2.05) is 43.3 Å². The summed E-state index contributed by atoms with van der Waals surface area (Å²) in [7, 11) is 0. The fraction of sp³-hybridized carbons (Fsp3) is 0.176. The third-order valence-corrected chi connectivity index (χ3v) is 3.28. The van der Waals surface area contributed by atoms with Crippen molar-refractivity contribution in [2.75, 3.05) is 5.32 Å². The summed E-state index contributed by atoms with van der Waals surface area (Å²) >= 11 is 0. The van der Waals surface area contributed by atoms with Crippen molar-refractivity contribution >= 4 is 11.4 Å². The molecule has 0 aliphatic carbocycles. The molecule has 0 spiro atoms. The minimum Gasteiger partial charge on any atom is -0.378 e. The van der Waals surface area contributed by atoms with Crippen molar-refractivity contribution in [1.82, 2.24) is 0 Å². The smallest absolute Gasteiger partial charge is 0.269 e.